The van der Waals surface area contributed by atoms with Gasteiger partial charge in [-0.15, -0.1) is 11.8 Å². The predicted molar refractivity (Wildman–Crippen MR) is 83.4 cm³/mol. The lowest BCUT2D eigenvalue weighted by molar-refractivity contribution is -0.152. The Kier molecular flexibility index (Phi) is 5.11. The van der Waals surface area contributed by atoms with Gasteiger partial charge in [-0.05, 0) is 51.8 Å². The normalized spacial score (nSPS) is 23.7. The number of hydrogen-bond donors (Lipinski definition) is 1. The molecule has 20 heavy (non-hydrogen) atoms. The molecule has 1 aromatic carbocycles. The fraction of sp³-hybridized carbons (Fsp3) is 0.562. The van der Waals surface area contributed by atoms with Crippen molar-refractivity contribution in [2.75, 3.05) is 18.8 Å². The number of thioether (sulfide) groups is 1. The summed E-state index contributed by atoms with van der Waals surface area (Å²) in [5, 5.41) is 9.47. The number of nitrogens with zero attached hydrogens (tertiary/aromatic N) is 1. The molecule has 1 atom stereocenters. The van der Waals surface area contributed by atoms with Crippen molar-refractivity contribution in [3.63, 3.8) is 0 Å². The van der Waals surface area contributed by atoms with Crippen molar-refractivity contribution in [3.8, 4) is 0 Å². The molecule has 1 aromatic rings. The van der Waals surface area contributed by atoms with E-state index in [1.54, 1.807) is 11.8 Å². The molecule has 0 radical (unpaired) electrons. The molecule has 1 unspecified atom stereocenters. The highest BCUT2D eigenvalue weighted by Crippen LogP contribution is 2.29. The van der Waals surface area contributed by atoms with Gasteiger partial charge in [-0.2, -0.15) is 0 Å². The Morgan fingerprint density at radius 3 is 2.70 bits per heavy atom. The monoisotopic (exact) mass is 293 g/mol. The third-order valence-electron chi connectivity index (χ3n) is 4.15. The van der Waals surface area contributed by atoms with Crippen LogP contribution in [0.5, 0.6) is 0 Å². The SMILES string of the molecule is Cc1ccc(SCCN2CCCCC2(C)C(=O)O)cc1. The number of carboxylic acids is 1. The number of carbonyl (C=O) groups is 1. The van der Waals surface area contributed by atoms with E-state index in [4.69, 9.17) is 0 Å². The van der Waals surface area contributed by atoms with Gasteiger partial charge in [-0.3, -0.25) is 9.69 Å². The largest absolute Gasteiger partial charge is 0.480 e. The topological polar surface area (TPSA) is 40.5 Å². The Morgan fingerprint density at radius 1 is 1.35 bits per heavy atom. The number of benzene rings is 1. The van der Waals surface area contributed by atoms with Crippen LogP contribution >= 0.6 is 11.8 Å². The minimum Gasteiger partial charge on any atom is -0.480 e. The molecule has 2 rings (SSSR count). The number of carboxylic acid groups (broad SMARTS) is 1. The van der Waals surface area contributed by atoms with E-state index in [1.807, 2.05) is 6.92 Å². The fourth-order valence-corrected chi connectivity index (χ4v) is 3.56. The summed E-state index contributed by atoms with van der Waals surface area (Å²) < 4.78 is 0. The van der Waals surface area contributed by atoms with Crippen LogP contribution in [-0.2, 0) is 4.79 Å². The van der Waals surface area contributed by atoms with Crippen molar-refractivity contribution in [1.82, 2.24) is 4.90 Å². The number of aliphatic carboxylic acids is 1. The standard InChI is InChI=1S/C16H23NO2S/c1-13-5-7-14(8-6-13)20-12-11-17-10-4-3-9-16(17,2)15(18)19/h5-8H,3-4,9-12H2,1-2H3,(H,18,19). The van der Waals surface area contributed by atoms with Crippen LogP contribution in [0.1, 0.15) is 31.7 Å². The molecule has 1 aliphatic rings. The third-order valence-corrected chi connectivity index (χ3v) is 5.14. The Labute approximate surface area is 125 Å². The van der Waals surface area contributed by atoms with E-state index in [2.05, 4.69) is 36.1 Å². The first-order chi connectivity index (χ1) is 9.52. The second-order valence-corrected chi connectivity index (χ2v) is 6.85. The number of piperidine rings is 1. The van der Waals surface area contributed by atoms with E-state index >= 15 is 0 Å². The second-order valence-electron chi connectivity index (χ2n) is 5.68. The highest BCUT2D eigenvalue weighted by molar-refractivity contribution is 7.99. The molecule has 1 aliphatic heterocycles. The Hall–Kier alpha value is -1.00. The van der Waals surface area contributed by atoms with Crippen molar-refractivity contribution in [2.24, 2.45) is 0 Å². The van der Waals surface area contributed by atoms with E-state index in [1.165, 1.54) is 10.5 Å². The Balaban J connectivity index is 1.88. The van der Waals surface area contributed by atoms with Crippen molar-refractivity contribution in [2.45, 2.75) is 43.5 Å². The summed E-state index contributed by atoms with van der Waals surface area (Å²) in [6.07, 6.45) is 2.89. The molecule has 110 valence electrons. The van der Waals surface area contributed by atoms with Crippen LogP contribution in [0.3, 0.4) is 0 Å². The summed E-state index contributed by atoms with van der Waals surface area (Å²) >= 11 is 1.80. The van der Waals surface area contributed by atoms with Gasteiger partial charge in [-0.1, -0.05) is 17.7 Å². The minimum atomic E-state index is -0.683. The summed E-state index contributed by atoms with van der Waals surface area (Å²) in [7, 11) is 0. The van der Waals surface area contributed by atoms with E-state index in [-0.39, 0.29) is 0 Å². The van der Waals surface area contributed by atoms with Crippen LogP contribution in [0.2, 0.25) is 0 Å². The quantitative estimate of drug-likeness (QED) is 0.845. The summed E-state index contributed by atoms with van der Waals surface area (Å²) in [6.45, 7) is 5.68. The van der Waals surface area contributed by atoms with Crippen LogP contribution in [0.4, 0.5) is 0 Å². The van der Waals surface area contributed by atoms with Crippen LogP contribution in [0.25, 0.3) is 0 Å². The van der Waals surface area contributed by atoms with Gasteiger partial charge >= 0.3 is 5.97 Å². The summed E-state index contributed by atoms with van der Waals surface area (Å²) in [5.41, 5.74) is 0.593. The Morgan fingerprint density at radius 2 is 2.05 bits per heavy atom. The highest BCUT2D eigenvalue weighted by atomic mass is 32.2. The Bertz CT molecular complexity index is 460. The first-order valence-corrected chi connectivity index (χ1v) is 8.19. The van der Waals surface area contributed by atoms with Gasteiger partial charge in [0.2, 0.25) is 0 Å². The van der Waals surface area contributed by atoms with Crippen molar-refractivity contribution in [3.05, 3.63) is 29.8 Å². The van der Waals surface area contributed by atoms with E-state index < -0.39 is 11.5 Å². The number of hydrogen-bond acceptors (Lipinski definition) is 3. The van der Waals surface area contributed by atoms with Crippen LogP contribution in [0, 0.1) is 6.92 Å². The second kappa shape index (κ2) is 6.64. The molecule has 0 aromatic heterocycles. The first kappa shape index (κ1) is 15.4. The number of rotatable bonds is 5. The van der Waals surface area contributed by atoms with Gasteiger partial charge in [-0.25, -0.2) is 0 Å². The maximum absolute atomic E-state index is 11.5. The molecule has 3 nitrogen and oxygen atoms in total. The molecule has 4 heteroatoms. The van der Waals surface area contributed by atoms with Gasteiger partial charge in [0.25, 0.3) is 0 Å². The zero-order valence-corrected chi connectivity index (χ0v) is 13.1. The van der Waals surface area contributed by atoms with Gasteiger partial charge < -0.3 is 5.11 Å². The molecule has 0 bridgehead atoms. The predicted octanol–water partition coefficient (Wildman–Crippen LogP) is 3.42. The van der Waals surface area contributed by atoms with E-state index in [9.17, 15) is 9.90 Å². The molecule has 1 heterocycles. The summed E-state index contributed by atoms with van der Waals surface area (Å²) in [6, 6.07) is 8.49. The van der Waals surface area contributed by atoms with Gasteiger partial charge in [0.1, 0.15) is 5.54 Å². The zero-order valence-electron chi connectivity index (χ0n) is 12.3. The average Bonchev–Trinajstić information content (AvgIpc) is 2.43. The fourth-order valence-electron chi connectivity index (χ4n) is 2.69. The zero-order chi connectivity index (χ0) is 14.6. The molecular formula is C16H23NO2S. The van der Waals surface area contributed by atoms with Crippen molar-refractivity contribution < 1.29 is 9.90 Å². The van der Waals surface area contributed by atoms with Crippen LogP contribution in [0.15, 0.2) is 29.2 Å². The first-order valence-electron chi connectivity index (χ1n) is 7.20. The van der Waals surface area contributed by atoms with Crippen LogP contribution < -0.4 is 0 Å². The number of likely N-dealkylation sites (tertiary alicyclic amines) is 1. The lowest BCUT2D eigenvalue weighted by atomic mass is 9.88. The number of aryl methyl sites for hydroxylation is 1. The lowest BCUT2D eigenvalue weighted by Gasteiger charge is -2.41. The van der Waals surface area contributed by atoms with Crippen molar-refractivity contribution in [1.29, 1.82) is 0 Å². The van der Waals surface area contributed by atoms with E-state index in [0.29, 0.717) is 0 Å². The van der Waals surface area contributed by atoms with Crippen molar-refractivity contribution >= 4 is 17.7 Å². The third kappa shape index (κ3) is 3.55. The highest BCUT2D eigenvalue weighted by Gasteiger charge is 2.40. The molecule has 1 N–H and O–H groups in total. The van der Waals surface area contributed by atoms with Gasteiger partial charge in [0.15, 0.2) is 0 Å². The molecule has 0 aliphatic carbocycles. The van der Waals surface area contributed by atoms with E-state index in [0.717, 1.165) is 38.1 Å². The molecule has 0 amide bonds. The van der Waals surface area contributed by atoms with Gasteiger partial charge in [0, 0.05) is 17.2 Å². The maximum atomic E-state index is 11.5. The minimum absolute atomic E-state index is 0.675. The summed E-state index contributed by atoms with van der Waals surface area (Å²) in [4.78, 5) is 14.9. The molecule has 0 spiro atoms. The van der Waals surface area contributed by atoms with Gasteiger partial charge in [0.05, 0.1) is 0 Å². The summed E-state index contributed by atoms with van der Waals surface area (Å²) in [5.74, 6) is 0.254. The maximum Gasteiger partial charge on any atom is 0.323 e. The average molecular weight is 293 g/mol. The smallest absolute Gasteiger partial charge is 0.323 e. The molecule has 1 fully saturated rings. The molecule has 1 saturated heterocycles. The molecule has 0 saturated carbocycles. The van der Waals surface area contributed by atoms with Crippen LogP contribution in [-0.4, -0.2) is 40.4 Å². The molecular weight excluding hydrogens is 270 g/mol. The lowest BCUT2D eigenvalue weighted by Crippen LogP contribution is -2.55.